The molecule has 150 valence electrons. The largest absolute Gasteiger partial charge is 0.497 e. The van der Waals surface area contributed by atoms with Crippen LogP contribution in [0.3, 0.4) is 0 Å². The number of methoxy groups -OCH3 is 1. The summed E-state index contributed by atoms with van der Waals surface area (Å²) in [6.45, 7) is 10.1. The van der Waals surface area contributed by atoms with E-state index in [-0.39, 0.29) is 17.7 Å². The smallest absolute Gasteiger partial charge is 0.230 e. The van der Waals surface area contributed by atoms with Crippen molar-refractivity contribution in [1.82, 2.24) is 4.90 Å². The molecule has 0 aromatic heterocycles. The van der Waals surface area contributed by atoms with Crippen molar-refractivity contribution in [3.8, 4) is 5.75 Å². The summed E-state index contributed by atoms with van der Waals surface area (Å²) in [5, 5.41) is 0. The first kappa shape index (κ1) is 20.4. The third kappa shape index (κ3) is 4.22. The predicted octanol–water partition coefficient (Wildman–Crippen LogP) is 4.35. The molecular formula is C24H32N2O2. The highest BCUT2D eigenvalue weighted by atomic mass is 16.5. The summed E-state index contributed by atoms with van der Waals surface area (Å²) in [5.41, 5.74) is 3.52. The lowest BCUT2D eigenvalue weighted by Gasteiger charge is -2.29. The Bertz CT molecular complexity index is 783. The van der Waals surface area contributed by atoms with Gasteiger partial charge in [-0.15, -0.1) is 0 Å². The molecule has 4 heteroatoms. The van der Waals surface area contributed by atoms with Gasteiger partial charge in [-0.05, 0) is 54.8 Å². The van der Waals surface area contributed by atoms with Gasteiger partial charge in [-0.1, -0.05) is 51.1 Å². The molecule has 3 rings (SSSR count). The lowest BCUT2D eigenvalue weighted by molar-refractivity contribution is -0.122. The summed E-state index contributed by atoms with van der Waals surface area (Å²) in [7, 11) is 1.68. The molecule has 0 fully saturated rings. The van der Waals surface area contributed by atoms with Gasteiger partial charge in [0, 0.05) is 24.7 Å². The minimum absolute atomic E-state index is 0.0718. The summed E-state index contributed by atoms with van der Waals surface area (Å²) < 4.78 is 5.30. The number of carbonyl (C=O) groups is 1. The number of rotatable bonds is 7. The summed E-state index contributed by atoms with van der Waals surface area (Å²) in [5.74, 6) is 1.16. The number of nitrogens with zero attached hydrogens (tertiary/aromatic N) is 2. The lowest BCUT2D eigenvalue weighted by atomic mass is 9.83. The van der Waals surface area contributed by atoms with E-state index in [0.29, 0.717) is 0 Å². The number of para-hydroxylation sites is 1. The third-order valence-electron chi connectivity index (χ3n) is 6.06. The molecule has 0 radical (unpaired) electrons. The number of amides is 1. The van der Waals surface area contributed by atoms with Crippen molar-refractivity contribution in [2.75, 3.05) is 38.2 Å². The van der Waals surface area contributed by atoms with Crippen LogP contribution in [0.1, 0.15) is 37.8 Å². The number of likely N-dealkylation sites (N-methyl/N-ethyl adjacent to an activating group) is 1. The quantitative estimate of drug-likeness (QED) is 0.716. The van der Waals surface area contributed by atoms with E-state index in [2.05, 4.69) is 56.0 Å². The second kappa shape index (κ2) is 9.24. The molecule has 0 bridgehead atoms. The Morgan fingerprint density at radius 2 is 1.75 bits per heavy atom. The van der Waals surface area contributed by atoms with Crippen LogP contribution in [0.5, 0.6) is 5.75 Å². The maximum absolute atomic E-state index is 13.5. The van der Waals surface area contributed by atoms with Crippen molar-refractivity contribution in [2.45, 2.75) is 33.1 Å². The fraction of sp³-hybridized carbons (Fsp3) is 0.458. The molecule has 28 heavy (non-hydrogen) atoms. The van der Waals surface area contributed by atoms with Gasteiger partial charge in [0.05, 0.1) is 7.11 Å². The second-order valence-corrected chi connectivity index (χ2v) is 7.52. The minimum atomic E-state index is -0.0718. The van der Waals surface area contributed by atoms with Crippen LogP contribution in [0.2, 0.25) is 0 Å². The summed E-state index contributed by atoms with van der Waals surface area (Å²) in [6, 6.07) is 16.5. The Morgan fingerprint density at radius 1 is 1.07 bits per heavy atom. The van der Waals surface area contributed by atoms with Crippen molar-refractivity contribution in [3.05, 3.63) is 59.7 Å². The Morgan fingerprint density at radius 3 is 2.39 bits per heavy atom. The van der Waals surface area contributed by atoms with E-state index in [1.807, 2.05) is 23.1 Å². The van der Waals surface area contributed by atoms with Crippen molar-refractivity contribution in [3.63, 3.8) is 0 Å². The van der Waals surface area contributed by atoms with Crippen LogP contribution in [0, 0.1) is 5.92 Å². The van der Waals surface area contributed by atoms with Crippen molar-refractivity contribution >= 4 is 11.6 Å². The summed E-state index contributed by atoms with van der Waals surface area (Å²) >= 11 is 0. The van der Waals surface area contributed by atoms with Crippen LogP contribution in [0.25, 0.3) is 0 Å². The molecule has 2 aromatic carbocycles. The van der Waals surface area contributed by atoms with Gasteiger partial charge >= 0.3 is 0 Å². The normalized spacial score (nSPS) is 19.5. The van der Waals surface area contributed by atoms with Crippen molar-refractivity contribution in [1.29, 1.82) is 0 Å². The van der Waals surface area contributed by atoms with E-state index < -0.39 is 0 Å². The zero-order valence-electron chi connectivity index (χ0n) is 17.5. The van der Waals surface area contributed by atoms with Gasteiger partial charge in [0.2, 0.25) is 5.91 Å². The molecule has 2 atom stereocenters. The Hall–Kier alpha value is -2.33. The maximum atomic E-state index is 13.5. The first-order valence-electron chi connectivity index (χ1n) is 10.3. The van der Waals surface area contributed by atoms with E-state index >= 15 is 0 Å². The first-order valence-corrected chi connectivity index (χ1v) is 10.3. The number of benzene rings is 2. The molecule has 0 spiro atoms. The molecule has 0 aliphatic carbocycles. The predicted molar refractivity (Wildman–Crippen MR) is 115 cm³/mol. The average molecular weight is 381 g/mol. The highest BCUT2D eigenvalue weighted by Gasteiger charge is 2.34. The number of carbonyl (C=O) groups excluding carboxylic acids is 1. The minimum Gasteiger partial charge on any atom is -0.497 e. The number of anilines is 1. The van der Waals surface area contributed by atoms with E-state index in [4.69, 9.17) is 4.74 Å². The fourth-order valence-corrected chi connectivity index (χ4v) is 4.17. The lowest BCUT2D eigenvalue weighted by Crippen LogP contribution is -2.41. The van der Waals surface area contributed by atoms with Gasteiger partial charge in [-0.3, -0.25) is 4.79 Å². The molecule has 1 aliphatic heterocycles. The first-order chi connectivity index (χ1) is 13.6. The molecule has 1 amide bonds. The van der Waals surface area contributed by atoms with Gasteiger partial charge in [-0.2, -0.15) is 0 Å². The molecule has 2 aromatic rings. The van der Waals surface area contributed by atoms with Crippen molar-refractivity contribution < 1.29 is 9.53 Å². The molecule has 0 N–H and O–H groups in total. The molecule has 1 heterocycles. The second-order valence-electron chi connectivity index (χ2n) is 7.52. The van der Waals surface area contributed by atoms with Crippen molar-refractivity contribution in [2.24, 2.45) is 5.92 Å². The third-order valence-corrected chi connectivity index (χ3v) is 6.06. The van der Waals surface area contributed by atoms with E-state index in [1.165, 1.54) is 11.1 Å². The number of fused-ring (bicyclic) bond motifs is 1. The Kier molecular flexibility index (Phi) is 6.74. The van der Waals surface area contributed by atoms with Gasteiger partial charge in [0.25, 0.3) is 0 Å². The van der Waals surface area contributed by atoms with Crippen LogP contribution in [-0.2, 0) is 11.2 Å². The SMILES string of the molecule is CCN(CC)CCN1C(=O)[C@H](C)[C@H](c2ccc(OC)cc2)Cc2ccccc21. The molecule has 1 aliphatic rings. The fourth-order valence-electron chi connectivity index (χ4n) is 4.17. The van der Waals surface area contributed by atoms with Crippen LogP contribution >= 0.6 is 0 Å². The Labute approximate surface area is 169 Å². The van der Waals surface area contributed by atoms with E-state index in [0.717, 1.165) is 44.0 Å². The topological polar surface area (TPSA) is 32.8 Å². The molecule has 4 nitrogen and oxygen atoms in total. The summed E-state index contributed by atoms with van der Waals surface area (Å²) in [6.07, 6.45) is 0.872. The van der Waals surface area contributed by atoms with E-state index in [1.54, 1.807) is 7.11 Å². The van der Waals surface area contributed by atoms with E-state index in [9.17, 15) is 4.79 Å². The zero-order valence-corrected chi connectivity index (χ0v) is 17.5. The van der Waals surface area contributed by atoms with Gasteiger partial charge in [-0.25, -0.2) is 0 Å². The number of ether oxygens (including phenoxy) is 1. The highest BCUT2D eigenvalue weighted by molar-refractivity contribution is 5.97. The van der Waals surface area contributed by atoms with Crippen LogP contribution in [-0.4, -0.2) is 44.1 Å². The molecular weight excluding hydrogens is 348 g/mol. The van der Waals surface area contributed by atoms with Crippen LogP contribution in [0.4, 0.5) is 5.69 Å². The monoisotopic (exact) mass is 380 g/mol. The van der Waals surface area contributed by atoms with Gasteiger partial charge in [0.1, 0.15) is 5.75 Å². The highest BCUT2D eigenvalue weighted by Crippen LogP contribution is 2.38. The summed E-state index contributed by atoms with van der Waals surface area (Å²) in [4.78, 5) is 17.9. The van der Waals surface area contributed by atoms with Gasteiger partial charge < -0.3 is 14.5 Å². The molecule has 0 saturated heterocycles. The molecule has 0 saturated carbocycles. The Balaban J connectivity index is 1.92. The van der Waals surface area contributed by atoms with Gasteiger partial charge in [0.15, 0.2) is 0 Å². The zero-order chi connectivity index (χ0) is 20.1. The standard InChI is InChI=1S/C24H32N2O2/c1-5-25(6-2)15-16-26-23-10-8-7-9-20(23)17-22(18(3)24(26)27)19-11-13-21(28-4)14-12-19/h7-14,18,22H,5-6,15-17H2,1-4H3/t18-,22-/m1/s1. The average Bonchev–Trinajstić information content (AvgIpc) is 2.84. The number of hydrogen-bond acceptors (Lipinski definition) is 3. The maximum Gasteiger partial charge on any atom is 0.230 e. The number of hydrogen-bond donors (Lipinski definition) is 0. The molecule has 0 unspecified atom stereocenters. The van der Waals surface area contributed by atoms with Crippen LogP contribution < -0.4 is 9.64 Å². The van der Waals surface area contributed by atoms with Crippen LogP contribution in [0.15, 0.2) is 48.5 Å².